The second-order valence-electron chi connectivity index (χ2n) is 3.15. The predicted molar refractivity (Wildman–Crippen MR) is 64.9 cm³/mol. The number of fused-ring (bicyclic) bond motifs is 1. The molecule has 0 atom stereocenters. The molecule has 1 aromatic carbocycles. The van der Waals surface area contributed by atoms with E-state index in [4.69, 9.17) is 17.3 Å². The molecule has 0 saturated heterocycles. The molecule has 4 nitrogen and oxygen atoms in total. The summed E-state index contributed by atoms with van der Waals surface area (Å²) >= 11 is 7.33. The van der Waals surface area contributed by atoms with Gasteiger partial charge in [-0.1, -0.05) is 11.6 Å². The van der Waals surface area contributed by atoms with Crippen LogP contribution in [-0.2, 0) is 0 Å². The van der Waals surface area contributed by atoms with E-state index in [2.05, 4.69) is 15.8 Å². The number of aromatic nitrogens is 1. The first-order valence-corrected chi connectivity index (χ1v) is 5.86. The van der Waals surface area contributed by atoms with Gasteiger partial charge in [-0.3, -0.25) is 4.79 Å². The van der Waals surface area contributed by atoms with Crippen molar-refractivity contribution in [3.63, 3.8) is 0 Å². The molecular weight excluding hydrogens is 246 g/mol. The number of benzene rings is 1. The summed E-state index contributed by atoms with van der Waals surface area (Å²) in [6, 6.07) is 3.35. The Labute approximate surface area is 101 Å². The molecule has 0 aliphatic rings. The fraction of sp³-hybridized carbons (Fsp3) is 0.200. The zero-order chi connectivity index (χ0) is 11.5. The molecule has 3 N–H and O–H groups in total. The Morgan fingerprint density at radius 1 is 1.62 bits per heavy atom. The van der Waals surface area contributed by atoms with Gasteiger partial charge in [-0.05, 0) is 12.1 Å². The minimum absolute atomic E-state index is 0.178. The molecule has 0 fully saturated rings. The molecule has 0 unspecified atom stereocenters. The average Bonchev–Trinajstić information content (AvgIpc) is 2.74. The molecule has 0 saturated carbocycles. The number of rotatable bonds is 3. The highest BCUT2D eigenvalue weighted by molar-refractivity contribution is 7.16. The number of hydrogen-bond acceptors (Lipinski definition) is 4. The number of halogens is 1. The molecule has 1 aromatic heterocycles. The molecule has 1 heterocycles. The summed E-state index contributed by atoms with van der Waals surface area (Å²) in [5, 5.41) is 3.15. The average molecular weight is 255 g/mol. The van der Waals surface area contributed by atoms with Crippen LogP contribution in [0.5, 0.6) is 0 Å². The van der Waals surface area contributed by atoms with Gasteiger partial charge in [-0.25, -0.2) is 4.98 Å². The van der Waals surface area contributed by atoms with E-state index in [0.717, 1.165) is 4.70 Å². The van der Waals surface area contributed by atoms with E-state index in [1.807, 2.05) is 0 Å². The lowest BCUT2D eigenvalue weighted by molar-refractivity contribution is 0.0955. The van der Waals surface area contributed by atoms with Crippen molar-refractivity contribution < 1.29 is 4.79 Å². The lowest BCUT2D eigenvalue weighted by Gasteiger charge is -2.04. The van der Waals surface area contributed by atoms with Gasteiger partial charge in [0.05, 0.1) is 9.72 Å². The van der Waals surface area contributed by atoms with E-state index in [1.165, 1.54) is 11.3 Å². The molecule has 6 heteroatoms. The quantitative estimate of drug-likeness (QED) is 0.871. The van der Waals surface area contributed by atoms with E-state index in [0.29, 0.717) is 29.2 Å². The minimum Gasteiger partial charge on any atom is -0.351 e. The third kappa shape index (κ3) is 2.16. The van der Waals surface area contributed by atoms with Crippen LogP contribution < -0.4 is 11.1 Å². The van der Waals surface area contributed by atoms with Gasteiger partial charge < -0.3 is 11.1 Å². The molecular formula is C10H9ClN3OS. The molecule has 83 valence electrons. The SMILES string of the molecule is NCCNC(=O)c1cc(Cl)c2n[c]sc2c1. The molecule has 1 amide bonds. The highest BCUT2D eigenvalue weighted by atomic mass is 35.5. The maximum absolute atomic E-state index is 11.7. The van der Waals surface area contributed by atoms with Crippen LogP contribution in [0.25, 0.3) is 10.2 Å². The van der Waals surface area contributed by atoms with E-state index in [1.54, 1.807) is 12.1 Å². The van der Waals surface area contributed by atoms with Gasteiger partial charge in [0, 0.05) is 18.7 Å². The topological polar surface area (TPSA) is 68.0 Å². The zero-order valence-electron chi connectivity index (χ0n) is 8.29. The van der Waals surface area contributed by atoms with Crippen molar-refractivity contribution in [1.29, 1.82) is 0 Å². The molecule has 0 spiro atoms. The summed E-state index contributed by atoms with van der Waals surface area (Å²) in [6.07, 6.45) is 0. The van der Waals surface area contributed by atoms with E-state index >= 15 is 0 Å². The van der Waals surface area contributed by atoms with Crippen LogP contribution in [0.4, 0.5) is 0 Å². The second kappa shape index (κ2) is 4.78. The first-order chi connectivity index (χ1) is 7.72. The lowest BCUT2D eigenvalue weighted by Crippen LogP contribution is -2.28. The number of nitrogens with zero attached hydrogens (tertiary/aromatic N) is 1. The van der Waals surface area contributed by atoms with Crippen LogP contribution >= 0.6 is 22.9 Å². The second-order valence-corrected chi connectivity index (χ2v) is 4.39. The van der Waals surface area contributed by atoms with Gasteiger partial charge in [-0.2, -0.15) is 0 Å². The largest absolute Gasteiger partial charge is 0.351 e. The molecule has 1 radical (unpaired) electrons. The third-order valence-corrected chi connectivity index (χ3v) is 3.04. The van der Waals surface area contributed by atoms with E-state index in [-0.39, 0.29) is 5.91 Å². The van der Waals surface area contributed by atoms with Crippen molar-refractivity contribution >= 4 is 39.1 Å². The summed E-state index contributed by atoms with van der Waals surface area (Å²) < 4.78 is 0.852. The van der Waals surface area contributed by atoms with Gasteiger partial charge in [0.15, 0.2) is 5.51 Å². The molecule has 2 rings (SSSR count). The fourth-order valence-electron chi connectivity index (χ4n) is 1.30. The summed E-state index contributed by atoms with van der Waals surface area (Å²) in [7, 11) is 0. The third-order valence-electron chi connectivity index (χ3n) is 2.03. The van der Waals surface area contributed by atoms with Crippen molar-refractivity contribution in [3.8, 4) is 0 Å². The highest BCUT2D eigenvalue weighted by Gasteiger charge is 2.10. The number of thiazole rings is 1. The van der Waals surface area contributed by atoms with Crippen LogP contribution in [-0.4, -0.2) is 24.0 Å². The van der Waals surface area contributed by atoms with Crippen LogP contribution in [0, 0.1) is 5.51 Å². The maximum Gasteiger partial charge on any atom is 0.251 e. The van der Waals surface area contributed by atoms with Crippen molar-refractivity contribution in [2.75, 3.05) is 13.1 Å². The number of carbonyl (C=O) groups excluding carboxylic acids is 1. The summed E-state index contributed by atoms with van der Waals surface area (Å²) in [5.74, 6) is -0.178. The molecule has 0 aliphatic heterocycles. The fourth-order valence-corrected chi connectivity index (χ4v) is 2.29. The first kappa shape index (κ1) is 11.3. The number of nitrogens with two attached hydrogens (primary N) is 1. The summed E-state index contributed by atoms with van der Waals surface area (Å²) in [5.41, 5.74) is 9.25. The van der Waals surface area contributed by atoms with Gasteiger partial charge in [0.2, 0.25) is 0 Å². The Morgan fingerprint density at radius 2 is 2.44 bits per heavy atom. The van der Waals surface area contributed by atoms with Gasteiger partial charge >= 0.3 is 0 Å². The van der Waals surface area contributed by atoms with E-state index in [9.17, 15) is 4.79 Å². The van der Waals surface area contributed by atoms with Gasteiger partial charge in [0.1, 0.15) is 5.52 Å². The van der Waals surface area contributed by atoms with Crippen LogP contribution in [0.3, 0.4) is 0 Å². The zero-order valence-corrected chi connectivity index (χ0v) is 9.86. The Hall–Kier alpha value is -1.17. The number of carbonyl (C=O) groups is 1. The summed E-state index contributed by atoms with van der Waals surface area (Å²) in [6.45, 7) is 0.860. The highest BCUT2D eigenvalue weighted by Crippen LogP contribution is 2.26. The molecule has 0 aliphatic carbocycles. The summed E-state index contributed by atoms with van der Waals surface area (Å²) in [4.78, 5) is 15.7. The van der Waals surface area contributed by atoms with E-state index < -0.39 is 0 Å². The first-order valence-electron chi connectivity index (χ1n) is 4.67. The predicted octanol–water partition coefficient (Wildman–Crippen LogP) is 1.44. The Morgan fingerprint density at radius 3 is 3.19 bits per heavy atom. The Bertz CT molecular complexity index is 526. The normalized spacial score (nSPS) is 10.6. The van der Waals surface area contributed by atoms with Crippen molar-refractivity contribution in [2.24, 2.45) is 5.73 Å². The van der Waals surface area contributed by atoms with Crippen LogP contribution in [0.1, 0.15) is 10.4 Å². The van der Waals surface area contributed by atoms with Crippen LogP contribution in [0.15, 0.2) is 12.1 Å². The smallest absolute Gasteiger partial charge is 0.251 e. The molecule has 2 aromatic rings. The standard InChI is InChI=1S/C10H9ClN3OS/c11-7-3-6(10(15)13-2-1-12)4-8-9(7)14-5-16-8/h3-4H,1-2,12H2,(H,13,15). The Kier molecular flexibility index (Phi) is 3.38. The number of hydrogen-bond donors (Lipinski definition) is 2. The van der Waals surface area contributed by atoms with Crippen molar-refractivity contribution in [2.45, 2.75) is 0 Å². The van der Waals surface area contributed by atoms with Crippen LogP contribution in [0.2, 0.25) is 5.02 Å². The van der Waals surface area contributed by atoms with Gasteiger partial charge in [0.25, 0.3) is 5.91 Å². The monoisotopic (exact) mass is 254 g/mol. The number of amides is 1. The van der Waals surface area contributed by atoms with Gasteiger partial charge in [-0.15, -0.1) is 11.3 Å². The molecule has 0 bridgehead atoms. The lowest BCUT2D eigenvalue weighted by atomic mass is 10.2. The number of nitrogens with one attached hydrogen (secondary N) is 1. The maximum atomic E-state index is 11.7. The van der Waals surface area contributed by atoms with Crippen molar-refractivity contribution in [1.82, 2.24) is 10.3 Å². The van der Waals surface area contributed by atoms with Crippen molar-refractivity contribution in [3.05, 3.63) is 28.2 Å². The molecule has 16 heavy (non-hydrogen) atoms. The Balaban J connectivity index is 2.34. The minimum atomic E-state index is -0.178.